The molecular formula is C15H19N3O6S. The van der Waals surface area contributed by atoms with Crippen molar-refractivity contribution in [3.05, 3.63) is 34.4 Å². The van der Waals surface area contributed by atoms with Gasteiger partial charge < -0.3 is 15.0 Å². The maximum atomic E-state index is 11.9. The van der Waals surface area contributed by atoms with E-state index in [-0.39, 0.29) is 18.1 Å². The van der Waals surface area contributed by atoms with Gasteiger partial charge in [-0.05, 0) is 19.1 Å². The highest BCUT2D eigenvalue weighted by atomic mass is 32.2. The van der Waals surface area contributed by atoms with E-state index in [0.29, 0.717) is 4.90 Å². The van der Waals surface area contributed by atoms with Crippen LogP contribution in [0, 0.1) is 10.1 Å². The van der Waals surface area contributed by atoms with Gasteiger partial charge in [-0.1, -0.05) is 0 Å². The number of hydrogen-bond acceptors (Lipinski definition) is 7. The number of ether oxygens (including phenoxy) is 1. The molecule has 0 aliphatic carbocycles. The third kappa shape index (κ3) is 7.21. The molecular weight excluding hydrogens is 350 g/mol. The van der Waals surface area contributed by atoms with E-state index in [1.165, 1.54) is 29.2 Å². The molecule has 0 heterocycles. The van der Waals surface area contributed by atoms with Crippen molar-refractivity contribution in [3.8, 4) is 0 Å². The number of amides is 2. The first-order valence-electron chi connectivity index (χ1n) is 7.25. The minimum Gasteiger partial charge on any atom is -0.455 e. The molecule has 0 spiro atoms. The smallest absolute Gasteiger partial charge is 0.319 e. The minimum atomic E-state index is -0.600. The summed E-state index contributed by atoms with van der Waals surface area (Å²) in [4.78, 5) is 46.8. The van der Waals surface area contributed by atoms with Crippen molar-refractivity contribution < 1.29 is 24.0 Å². The molecule has 136 valence electrons. The largest absolute Gasteiger partial charge is 0.455 e. The van der Waals surface area contributed by atoms with Crippen molar-refractivity contribution >= 4 is 35.2 Å². The summed E-state index contributed by atoms with van der Waals surface area (Å²) in [6.07, 6.45) is 0. The van der Waals surface area contributed by atoms with Crippen molar-refractivity contribution in [1.82, 2.24) is 10.2 Å². The monoisotopic (exact) mass is 369 g/mol. The van der Waals surface area contributed by atoms with Crippen molar-refractivity contribution in [2.75, 3.05) is 27.2 Å². The first-order valence-corrected chi connectivity index (χ1v) is 8.13. The number of thioether (sulfide) groups is 1. The summed E-state index contributed by atoms with van der Waals surface area (Å²) in [7, 11) is 3.12. The lowest BCUT2D eigenvalue weighted by atomic mass is 10.3. The lowest BCUT2D eigenvalue weighted by Crippen LogP contribution is -2.38. The van der Waals surface area contributed by atoms with Crippen molar-refractivity contribution in [1.29, 1.82) is 0 Å². The second-order valence-electron chi connectivity index (χ2n) is 5.18. The number of esters is 1. The Labute approximate surface area is 148 Å². The fraction of sp³-hybridized carbons (Fsp3) is 0.400. The molecule has 1 rings (SSSR count). The molecule has 1 aromatic carbocycles. The van der Waals surface area contributed by atoms with Crippen LogP contribution in [-0.2, 0) is 19.1 Å². The molecule has 0 saturated heterocycles. The highest BCUT2D eigenvalue weighted by molar-refractivity contribution is 8.00. The zero-order valence-electron chi connectivity index (χ0n) is 14.1. The Balaban J connectivity index is 2.40. The lowest BCUT2D eigenvalue weighted by molar-refractivity contribution is -0.384. The summed E-state index contributed by atoms with van der Waals surface area (Å²) in [6, 6.07) is 5.75. The highest BCUT2D eigenvalue weighted by Gasteiger charge is 2.18. The van der Waals surface area contributed by atoms with Gasteiger partial charge in [-0.3, -0.25) is 24.5 Å². The zero-order chi connectivity index (χ0) is 19.0. The molecule has 0 radical (unpaired) electrons. The predicted octanol–water partition coefficient (Wildman–Crippen LogP) is 0.823. The van der Waals surface area contributed by atoms with Gasteiger partial charge in [-0.25, -0.2) is 0 Å². The van der Waals surface area contributed by atoms with Gasteiger partial charge in [0.25, 0.3) is 11.6 Å². The standard InChI is InChI=1S/C15H19N3O6S/c1-10(25-12-6-4-11(5-7-12)18(22)23)15(21)24-9-13(19)16-8-14(20)17(2)3/h4-7,10H,8-9H2,1-3H3,(H,16,19)/t10-/m0/s1. The van der Waals surface area contributed by atoms with Gasteiger partial charge in [0.2, 0.25) is 5.91 Å². The summed E-state index contributed by atoms with van der Waals surface area (Å²) in [5.41, 5.74) is -0.0384. The Morgan fingerprint density at radius 2 is 1.88 bits per heavy atom. The topological polar surface area (TPSA) is 119 Å². The van der Waals surface area contributed by atoms with E-state index in [0.717, 1.165) is 11.8 Å². The van der Waals surface area contributed by atoms with Crippen LogP contribution in [0.4, 0.5) is 5.69 Å². The minimum absolute atomic E-state index is 0.0384. The molecule has 1 N–H and O–H groups in total. The van der Waals surface area contributed by atoms with Gasteiger partial charge in [-0.2, -0.15) is 0 Å². The Hall–Kier alpha value is -2.62. The third-order valence-electron chi connectivity index (χ3n) is 2.97. The lowest BCUT2D eigenvalue weighted by Gasteiger charge is -2.12. The van der Waals surface area contributed by atoms with E-state index in [9.17, 15) is 24.5 Å². The molecule has 0 aliphatic rings. The van der Waals surface area contributed by atoms with Gasteiger partial charge in [0, 0.05) is 31.1 Å². The summed E-state index contributed by atoms with van der Waals surface area (Å²) in [6.45, 7) is 0.947. The molecule has 0 aliphatic heterocycles. The van der Waals surface area contributed by atoms with Crippen LogP contribution in [0.2, 0.25) is 0 Å². The molecule has 0 unspecified atom stereocenters. The second kappa shape index (κ2) is 9.62. The van der Waals surface area contributed by atoms with Crippen LogP contribution in [0.3, 0.4) is 0 Å². The summed E-state index contributed by atoms with van der Waals surface area (Å²) in [5.74, 6) is -1.45. The number of nitro groups is 1. The number of nitro benzene ring substituents is 1. The van der Waals surface area contributed by atoms with Crippen LogP contribution < -0.4 is 5.32 Å². The van der Waals surface area contributed by atoms with E-state index in [1.807, 2.05) is 0 Å². The van der Waals surface area contributed by atoms with Gasteiger partial charge in [-0.15, -0.1) is 11.8 Å². The number of benzene rings is 1. The maximum absolute atomic E-state index is 11.9. The fourth-order valence-electron chi connectivity index (χ4n) is 1.54. The SMILES string of the molecule is C[C@H](Sc1ccc([N+](=O)[O-])cc1)C(=O)OCC(=O)NCC(=O)N(C)C. The molecule has 0 aromatic heterocycles. The van der Waals surface area contributed by atoms with E-state index in [1.54, 1.807) is 21.0 Å². The van der Waals surface area contributed by atoms with Crippen molar-refractivity contribution in [3.63, 3.8) is 0 Å². The average Bonchev–Trinajstić information content (AvgIpc) is 2.57. The van der Waals surface area contributed by atoms with Gasteiger partial charge in [0.15, 0.2) is 6.61 Å². The number of carbonyl (C=O) groups is 3. The molecule has 1 atom stereocenters. The number of nitrogens with zero attached hydrogens (tertiary/aromatic N) is 2. The molecule has 25 heavy (non-hydrogen) atoms. The number of hydrogen-bond donors (Lipinski definition) is 1. The number of likely N-dealkylation sites (N-methyl/N-ethyl adjacent to an activating group) is 1. The molecule has 0 fully saturated rings. The van der Waals surface area contributed by atoms with Gasteiger partial charge >= 0.3 is 5.97 Å². The number of carbonyl (C=O) groups excluding carboxylic acids is 3. The summed E-state index contributed by atoms with van der Waals surface area (Å²) < 4.78 is 4.89. The Morgan fingerprint density at radius 3 is 2.40 bits per heavy atom. The first kappa shape index (κ1) is 20.4. The third-order valence-corrected chi connectivity index (χ3v) is 4.06. The molecule has 10 heteroatoms. The van der Waals surface area contributed by atoms with Crippen LogP contribution >= 0.6 is 11.8 Å². The summed E-state index contributed by atoms with van der Waals surface area (Å²) >= 11 is 1.16. The number of non-ortho nitro benzene ring substituents is 1. The molecule has 0 bridgehead atoms. The van der Waals surface area contributed by atoms with Crippen LogP contribution in [0.5, 0.6) is 0 Å². The van der Waals surface area contributed by atoms with E-state index >= 15 is 0 Å². The molecule has 1 aromatic rings. The van der Waals surface area contributed by atoms with E-state index in [2.05, 4.69) is 5.32 Å². The number of rotatable bonds is 8. The van der Waals surface area contributed by atoms with E-state index < -0.39 is 28.7 Å². The van der Waals surface area contributed by atoms with Crippen LogP contribution in [-0.4, -0.2) is 60.1 Å². The zero-order valence-corrected chi connectivity index (χ0v) is 14.9. The van der Waals surface area contributed by atoms with Crippen molar-refractivity contribution in [2.45, 2.75) is 17.1 Å². The second-order valence-corrected chi connectivity index (χ2v) is 6.60. The fourth-order valence-corrected chi connectivity index (χ4v) is 2.40. The molecule has 9 nitrogen and oxygen atoms in total. The van der Waals surface area contributed by atoms with Crippen LogP contribution in [0.1, 0.15) is 6.92 Å². The normalized spacial score (nSPS) is 11.3. The van der Waals surface area contributed by atoms with Crippen LogP contribution in [0.25, 0.3) is 0 Å². The Morgan fingerprint density at radius 1 is 1.28 bits per heavy atom. The van der Waals surface area contributed by atoms with Crippen molar-refractivity contribution in [2.24, 2.45) is 0 Å². The van der Waals surface area contributed by atoms with Crippen LogP contribution in [0.15, 0.2) is 29.2 Å². The average molecular weight is 369 g/mol. The molecule has 2 amide bonds. The summed E-state index contributed by atoms with van der Waals surface area (Å²) in [5, 5.41) is 12.3. The van der Waals surface area contributed by atoms with Gasteiger partial charge in [0.05, 0.1) is 11.5 Å². The highest BCUT2D eigenvalue weighted by Crippen LogP contribution is 2.25. The number of nitrogens with one attached hydrogen (secondary N) is 1. The van der Waals surface area contributed by atoms with Gasteiger partial charge in [0.1, 0.15) is 5.25 Å². The first-order chi connectivity index (χ1) is 11.7. The molecule has 0 saturated carbocycles. The quantitative estimate of drug-likeness (QED) is 0.312. The van der Waals surface area contributed by atoms with E-state index in [4.69, 9.17) is 4.74 Å². The Bertz CT molecular complexity index is 647. The predicted molar refractivity (Wildman–Crippen MR) is 91.1 cm³/mol. The Kier molecular flexibility index (Phi) is 7.86. The maximum Gasteiger partial charge on any atom is 0.319 e.